The van der Waals surface area contributed by atoms with Crippen LogP contribution in [0.25, 0.3) is 11.4 Å². The Bertz CT molecular complexity index is 924. The van der Waals surface area contributed by atoms with Crippen LogP contribution in [-0.4, -0.2) is 44.7 Å². The number of pyridine rings is 1. The van der Waals surface area contributed by atoms with Crippen molar-refractivity contribution in [1.82, 2.24) is 19.9 Å². The monoisotopic (exact) mass is 427 g/mol. The SMILES string of the molecule is C=CCCOc1nc(-c2cc(C(C)N(CC)C(=O)OC(C)(C)C)ccn2)c(C)nc1N. The Balaban J connectivity index is 2.35. The molecule has 0 fully saturated rings. The molecule has 2 aromatic heterocycles. The largest absolute Gasteiger partial charge is 0.475 e. The van der Waals surface area contributed by atoms with E-state index >= 15 is 0 Å². The number of nitrogens with two attached hydrogens (primary N) is 1. The van der Waals surface area contributed by atoms with Gasteiger partial charge in [-0.15, -0.1) is 6.58 Å². The summed E-state index contributed by atoms with van der Waals surface area (Å²) in [6, 6.07) is 3.56. The number of nitrogens with zero attached hydrogens (tertiary/aromatic N) is 4. The average molecular weight is 428 g/mol. The fraction of sp³-hybridized carbons (Fsp3) is 0.478. The van der Waals surface area contributed by atoms with Gasteiger partial charge in [0.15, 0.2) is 5.82 Å². The van der Waals surface area contributed by atoms with Crippen LogP contribution in [0.3, 0.4) is 0 Å². The van der Waals surface area contributed by atoms with Crippen molar-refractivity contribution >= 4 is 11.9 Å². The van der Waals surface area contributed by atoms with Gasteiger partial charge in [-0.05, 0) is 65.7 Å². The van der Waals surface area contributed by atoms with Crippen LogP contribution in [0, 0.1) is 6.92 Å². The van der Waals surface area contributed by atoms with Gasteiger partial charge in [0.05, 0.1) is 24.0 Å². The van der Waals surface area contributed by atoms with E-state index in [9.17, 15) is 4.79 Å². The van der Waals surface area contributed by atoms with E-state index in [2.05, 4.69) is 21.5 Å². The van der Waals surface area contributed by atoms with E-state index in [1.807, 2.05) is 53.7 Å². The summed E-state index contributed by atoms with van der Waals surface area (Å²) in [6.07, 6.45) is 3.77. The van der Waals surface area contributed by atoms with Gasteiger partial charge in [0.25, 0.3) is 5.88 Å². The molecule has 1 atom stereocenters. The molecule has 0 bridgehead atoms. The molecule has 0 saturated carbocycles. The third-order valence-corrected chi connectivity index (χ3v) is 4.57. The fourth-order valence-corrected chi connectivity index (χ4v) is 3.01. The second-order valence-corrected chi connectivity index (χ2v) is 8.19. The molecule has 0 spiro atoms. The van der Waals surface area contributed by atoms with E-state index in [0.717, 1.165) is 5.56 Å². The molecule has 31 heavy (non-hydrogen) atoms. The molecule has 0 aliphatic rings. The van der Waals surface area contributed by atoms with Crippen molar-refractivity contribution in [2.45, 2.75) is 59.6 Å². The summed E-state index contributed by atoms with van der Waals surface area (Å²) in [7, 11) is 0. The molecule has 2 N–H and O–H groups in total. The highest BCUT2D eigenvalue weighted by Gasteiger charge is 2.26. The maximum atomic E-state index is 12.6. The lowest BCUT2D eigenvalue weighted by Gasteiger charge is -2.31. The van der Waals surface area contributed by atoms with Crippen LogP contribution in [-0.2, 0) is 4.74 Å². The van der Waals surface area contributed by atoms with Crippen molar-refractivity contribution in [3.05, 3.63) is 42.2 Å². The van der Waals surface area contributed by atoms with E-state index in [0.29, 0.717) is 36.7 Å². The number of carbonyl (C=O) groups is 1. The van der Waals surface area contributed by atoms with Gasteiger partial charge in [0.1, 0.15) is 11.3 Å². The zero-order valence-electron chi connectivity index (χ0n) is 19.3. The predicted molar refractivity (Wildman–Crippen MR) is 122 cm³/mol. The Labute approximate surface area is 184 Å². The van der Waals surface area contributed by atoms with E-state index in [-0.39, 0.29) is 23.8 Å². The Morgan fingerprint density at radius 3 is 2.68 bits per heavy atom. The molecule has 0 aliphatic carbocycles. The maximum absolute atomic E-state index is 12.6. The molecule has 1 unspecified atom stereocenters. The first-order valence-electron chi connectivity index (χ1n) is 10.4. The predicted octanol–water partition coefficient (Wildman–Crippen LogP) is 4.70. The molecule has 0 radical (unpaired) electrons. The third kappa shape index (κ3) is 6.41. The van der Waals surface area contributed by atoms with Crippen molar-refractivity contribution in [2.75, 3.05) is 18.9 Å². The first-order valence-corrected chi connectivity index (χ1v) is 10.4. The van der Waals surface area contributed by atoms with Gasteiger partial charge in [0, 0.05) is 12.7 Å². The van der Waals surface area contributed by atoms with Gasteiger partial charge in [-0.2, -0.15) is 0 Å². The number of nitrogen functional groups attached to an aromatic ring is 1. The van der Waals surface area contributed by atoms with Crippen LogP contribution in [0.1, 0.15) is 58.3 Å². The molecular weight excluding hydrogens is 394 g/mol. The quantitative estimate of drug-likeness (QED) is 0.481. The number of rotatable bonds is 8. The Morgan fingerprint density at radius 1 is 1.35 bits per heavy atom. The Hall–Kier alpha value is -3.16. The van der Waals surface area contributed by atoms with Crippen LogP contribution in [0.5, 0.6) is 5.88 Å². The zero-order chi connectivity index (χ0) is 23.2. The summed E-state index contributed by atoms with van der Waals surface area (Å²) in [4.78, 5) is 27.7. The van der Waals surface area contributed by atoms with Crippen LogP contribution in [0.15, 0.2) is 31.0 Å². The van der Waals surface area contributed by atoms with Crippen LogP contribution >= 0.6 is 0 Å². The number of carbonyl (C=O) groups excluding carboxylic acids is 1. The lowest BCUT2D eigenvalue weighted by Crippen LogP contribution is -2.38. The second-order valence-electron chi connectivity index (χ2n) is 8.19. The van der Waals surface area contributed by atoms with E-state index in [4.69, 9.17) is 15.2 Å². The minimum Gasteiger partial charge on any atom is -0.475 e. The molecule has 8 nitrogen and oxygen atoms in total. The molecule has 0 saturated heterocycles. The topological polar surface area (TPSA) is 103 Å². The van der Waals surface area contributed by atoms with Crippen LogP contribution < -0.4 is 10.5 Å². The number of aromatic nitrogens is 3. The van der Waals surface area contributed by atoms with Gasteiger partial charge in [-0.25, -0.2) is 14.8 Å². The molecule has 1 amide bonds. The first kappa shape index (κ1) is 24.1. The molecule has 2 heterocycles. The highest BCUT2D eigenvalue weighted by molar-refractivity contribution is 5.69. The third-order valence-electron chi connectivity index (χ3n) is 4.57. The first-order chi connectivity index (χ1) is 14.6. The van der Waals surface area contributed by atoms with Crippen LogP contribution in [0.4, 0.5) is 10.6 Å². The van der Waals surface area contributed by atoms with Crippen molar-refractivity contribution in [3.8, 4) is 17.3 Å². The summed E-state index contributed by atoms with van der Waals surface area (Å²) >= 11 is 0. The van der Waals surface area contributed by atoms with Gasteiger partial charge in [-0.3, -0.25) is 4.98 Å². The number of aryl methyl sites for hydroxylation is 1. The number of hydrogen-bond acceptors (Lipinski definition) is 7. The molecular formula is C23H33N5O3. The minimum atomic E-state index is -0.563. The average Bonchev–Trinajstić information content (AvgIpc) is 2.69. The molecule has 0 aliphatic heterocycles. The van der Waals surface area contributed by atoms with Crippen LogP contribution in [0.2, 0.25) is 0 Å². The lowest BCUT2D eigenvalue weighted by atomic mass is 10.1. The number of hydrogen-bond donors (Lipinski definition) is 1. The molecule has 8 heteroatoms. The fourth-order valence-electron chi connectivity index (χ4n) is 3.01. The van der Waals surface area contributed by atoms with Gasteiger partial charge in [0.2, 0.25) is 0 Å². The summed E-state index contributed by atoms with van der Waals surface area (Å²) < 4.78 is 11.2. The highest BCUT2D eigenvalue weighted by Crippen LogP contribution is 2.28. The summed E-state index contributed by atoms with van der Waals surface area (Å²) in [6.45, 7) is 15.9. The zero-order valence-corrected chi connectivity index (χ0v) is 19.3. The maximum Gasteiger partial charge on any atom is 0.410 e. The molecule has 2 rings (SSSR count). The smallest absolute Gasteiger partial charge is 0.410 e. The molecule has 0 aromatic carbocycles. The van der Waals surface area contributed by atoms with E-state index in [1.165, 1.54) is 0 Å². The summed E-state index contributed by atoms with van der Waals surface area (Å²) in [5, 5.41) is 0. The van der Waals surface area contributed by atoms with Crippen molar-refractivity contribution in [1.29, 1.82) is 0 Å². The summed E-state index contributed by atoms with van der Waals surface area (Å²) in [5.74, 6) is 0.503. The van der Waals surface area contributed by atoms with E-state index < -0.39 is 5.60 Å². The van der Waals surface area contributed by atoms with Gasteiger partial charge in [-0.1, -0.05) is 6.08 Å². The number of ether oxygens (including phenoxy) is 2. The number of amides is 1. The molecule has 168 valence electrons. The van der Waals surface area contributed by atoms with Crippen molar-refractivity contribution < 1.29 is 14.3 Å². The van der Waals surface area contributed by atoms with E-state index in [1.54, 1.807) is 17.2 Å². The molecule has 2 aromatic rings. The lowest BCUT2D eigenvalue weighted by molar-refractivity contribution is 0.0186. The minimum absolute atomic E-state index is 0.216. The van der Waals surface area contributed by atoms with Crippen molar-refractivity contribution in [3.63, 3.8) is 0 Å². The van der Waals surface area contributed by atoms with Gasteiger partial charge >= 0.3 is 6.09 Å². The van der Waals surface area contributed by atoms with Gasteiger partial charge < -0.3 is 20.1 Å². The number of anilines is 1. The normalized spacial score (nSPS) is 12.2. The van der Waals surface area contributed by atoms with Crippen molar-refractivity contribution in [2.24, 2.45) is 0 Å². The Morgan fingerprint density at radius 2 is 2.06 bits per heavy atom. The Kier molecular flexibility index (Phi) is 7.96. The highest BCUT2D eigenvalue weighted by atomic mass is 16.6. The second kappa shape index (κ2) is 10.2. The standard InChI is InChI=1S/C23H33N5O3/c1-8-10-13-30-21-20(24)26-15(3)19(27-21)18-14-17(11-12-25-18)16(4)28(9-2)22(29)31-23(5,6)7/h8,11-12,14,16H,1,9-10,13H2,2-7H3,(H2,24,26). The summed E-state index contributed by atoms with van der Waals surface area (Å²) in [5.41, 5.74) is 8.16.